The van der Waals surface area contributed by atoms with Crippen LogP contribution in [0.15, 0.2) is 36.9 Å². The highest BCUT2D eigenvalue weighted by Crippen LogP contribution is 2.20. The van der Waals surface area contributed by atoms with Crippen LogP contribution in [-0.4, -0.2) is 16.6 Å². The smallest absolute Gasteiger partial charge is 0.0639 e. The Labute approximate surface area is 119 Å². The number of halogens is 1. The quantitative estimate of drug-likeness (QED) is 0.874. The maximum Gasteiger partial charge on any atom is 0.0639 e. The molecule has 2 heterocycles. The van der Waals surface area contributed by atoms with E-state index in [1.165, 1.54) is 12.0 Å². The zero-order chi connectivity index (χ0) is 13.7. The molecule has 4 heteroatoms. The summed E-state index contributed by atoms with van der Waals surface area (Å²) in [5.74, 6) is 0. The highest BCUT2D eigenvalue weighted by molar-refractivity contribution is 6.31. The minimum Gasteiger partial charge on any atom is -0.350 e. The summed E-state index contributed by atoms with van der Waals surface area (Å²) in [4.78, 5) is 4.01. The summed E-state index contributed by atoms with van der Waals surface area (Å²) in [7, 11) is 2.01. The van der Waals surface area contributed by atoms with Gasteiger partial charge in [0.2, 0.25) is 0 Å². The Bertz CT molecular complexity index is 522. The third-order valence-electron chi connectivity index (χ3n) is 3.31. The second-order valence-corrected chi connectivity index (χ2v) is 5.12. The lowest BCUT2D eigenvalue weighted by atomic mass is 10.1. The third-order valence-corrected chi connectivity index (χ3v) is 3.65. The average molecular weight is 278 g/mol. The van der Waals surface area contributed by atoms with E-state index < -0.39 is 0 Å². The normalized spacial score (nSPS) is 12.6. The van der Waals surface area contributed by atoms with Crippen LogP contribution in [0.5, 0.6) is 0 Å². The second-order valence-electron chi connectivity index (χ2n) is 4.71. The monoisotopic (exact) mass is 277 g/mol. The van der Waals surface area contributed by atoms with Gasteiger partial charge in [-0.3, -0.25) is 4.98 Å². The number of rotatable bonds is 6. The molecule has 102 valence electrons. The lowest BCUT2D eigenvalue weighted by molar-refractivity contribution is 0.540. The standard InChI is InChI=1S/C15H20ClN3/c1-3-4-15(17-2)13-6-8-19(11-13)10-12-5-7-18-9-14(12)16/h5-9,11,15,17H,3-4,10H2,1-2H3. The molecule has 0 bridgehead atoms. The van der Waals surface area contributed by atoms with Gasteiger partial charge in [-0.25, -0.2) is 0 Å². The molecule has 2 aromatic rings. The Morgan fingerprint density at radius 2 is 2.26 bits per heavy atom. The first-order chi connectivity index (χ1) is 9.24. The van der Waals surface area contributed by atoms with Crippen LogP contribution in [0.1, 0.15) is 36.9 Å². The molecule has 0 fully saturated rings. The van der Waals surface area contributed by atoms with Crippen molar-refractivity contribution in [2.45, 2.75) is 32.4 Å². The van der Waals surface area contributed by atoms with E-state index in [-0.39, 0.29) is 0 Å². The lowest BCUT2D eigenvalue weighted by Gasteiger charge is -2.13. The van der Waals surface area contributed by atoms with Gasteiger partial charge >= 0.3 is 0 Å². The van der Waals surface area contributed by atoms with Gasteiger partial charge in [0.25, 0.3) is 0 Å². The fraction of sp³-hybridized carbons (Fsp3) is 0.400. The largest absolute Gasteiger partial charge is 0.350 e. The van der Waals surface area contributed by atoms with Crippen molar-refractivity contribution in [3.63, 3.8) is 0 Å². The van der Waals surface area contributed by atoms with E-state index in [9.17, 15) is 0 Å². The molecule has 0 aliphatic rings. The Morgan fingerprint density at radius 3 is 2.95 bits per heavy atom. The van der Waals surface area contributed by atoms with E-state index in [0.717, 1.165) is 23.6 Å². The maximum absolute atomic E-state index is 6.13. The first-order valence-corrected chi connectivity index (χ1v) is 7.03. The molecule has 3 nitrogen and oxygen atoms in total. The molecule has 19 heavy (non-hydrogen) atoms. The van der Waals surface area contributed by atoms with Gasteiger partial charge in [0.15, 0.2) is 0 Å². The molecule has 0 aromatic carbocycles. The fourth-order valence-electron chi connectivity index (χ4n) is 2.26. The predicted molar refractivity (Wildman–Crippen MR) is 79.5 cm³/mol. The van der Waals surface area contributed by atoms with Gasteiger partial charge in [0, 0.05) is 37.4 Å². The highest BCUT2D eigenvalue weighted by atomic mass is 35.5. The van der Waals surface area contributed by atoms with Crippen molar-refractivity contribution in [1.82, 2.24) is 14.9 Å². The van der Waals surface area contributed by atoms with Crippen LogP contribution in [0, 0.1) is 0 Å². The number of hydrogen-bond acceptors (Lipinski definition) is 2. The van der Waals surface area contributed by atoms with E-state index in [0.29, 0.717) is 6.04 Å². The lowest BCUT2D eigenvalue weighted by Crippen LogP contribution is -2.15. The summed E-state index contributed by atoms with van der Waals surface area (Å²) in [5.41, 5.74) is 2.42. The second kappa shape index (κ2) is 6.73. The molecule has 2 rings (SSSR count). The summed E-state index contributed by atoms with van der Waals surface area (Å²) in [6.45, 7) is 2.99. The topological polar surface area (TPSA) is 29.9 Å². The van der Waals surface area contributed by atoms with Crippen molar-refractivity contribution in [2.24, 2.45) is 0 Å². The van der Waals surface area contributed by atoms with Crippen molar-refractivity contribution < 1.29 is 0 Å². The Balaban J connectivity index is 2.11. The molecule has 0 amide bonds. The van der Waals surface area contributed by atoms with Gasteiger partial charge in [0.1, 0.15) is 0 Å². The zero-order valence-electron chi connectivity index (χ0n) is 11.4. The van der Waals surface area contributed by atoms with E-state index in [1.807, 2.05) is 13.1 Å². The minimum atomic E-state index is 0.430. The van der Waals surface area contributed by atoms with Crippen molar-refractivity contribution >= 4 is 11.6 Å². The summed E-state index contributed by atoms with van der Waals surface area (Å²) in [6.07, 6.45) is 10.1. The van der Waals surface area contributed by atoms with E-state index >= 15 is 0 Å². The Morgan fingerprint density at radius 1 is 1.42 bits per heavy atom. The molecule has 2 aromatic heterocycles. The number of aromatic nitrogens is 2. The van der Waals surface area contributed by atoms with Gasteiger partial charge in [-0.05, 0) is 36.7 Å². The molecular formula is C15H20ClN3. The van der Waals surface area contributed by atoms with Gasteiger partial charge < -0.3 is 9.88 Å². The van der Waals surface area contributed by atoms with E-state index in [4.69, 9.17) is 11.6 Å². The van der Waals surface area contributed by atoms with Crippen LogP contribution < -0.4 is 5.32 Å². The molecule has 0 aliphatic heterocycles. The summed E-state index contributed by atoms with van der Waals surface area (Å²) in [5, 5.41) is 4.08. The number of pyridine rings is 1. The van der Waals surface area contributed by atoms with Crippen molar-refractivity contribution in [3.05, 3.63) is 53.1 Å². The van der Waals surface area contributed by atoms with Crippen LogP contribution in [0.2, 0.25) is 5.02 Å². The SMILES string of the molecule is CCCC(NC)c1ccn(Cc2ccncc2Cl)c1. The van der Waals surface area contributed by atoms with Crippen LogP contribution in [0.3, 0.4) is 0 Å². The molecule has 1 N–H and O–H groups in total. The van der Waals surface area contributed by atoms with E-state index in [2.05, 4.69) is 40.3 Å². The third kappa shape index (κ3) is 3.58. The highest BCUT2D eigenvalue weighted by Gasteiger charge is 2.09. The molecule has 0 radical (unpaired) electrons. The molecule has 0 saturated carbocycles. The number of hydrogen-bond donors (Lipinski definition) is 1. The molecule has 1 atom stereocenters. The maximum atomic E-state index is 6.13. The first-order valence-electron chi connectivity index (χ1n) is 6.66. The molecule has 0 spiro atoms. The summed E-state index contributed by atoms with van der Waals surface area (Å²) in [6, 6.07) is 4.56. The predicted octanol–water partition coefficient (Wildman–Crippen LogP) is 3.65. The molecule has 0 aliphatic carbocycles. The van der Waals surface area contributed by atoms with E-state index in [1.54, 1.807) is 12.4 Å². The first kappa shape index (κ1) is 14.1. The Hall–Kier alpha value is -1.32. The van der Waals surface area contributed by atoms with Crippen molar-refractivity contribution in [1.29, 1.82) is 0 Å². The van der Waals surface area contributed by atoms with Gasteiger partial charge in [-0.1, -0.05) is 24.9 Å². The van der Waals surface area contributed by atoms with Crippen LogP contribution in [0.4, 0.5) is 0 Å². The van der Waals surface area contributed by atoms with Crippen LogP contribution in [-0.2, 0) is 6.54 Å². The number of nitrogens with one attached hydrogen (secondary N) is 1. The summed E-state index contributed by atoms with van der Waals surface area (Å²) >= 11 is 6.13. The van der Waals surface area contributed by atoms with Crippen LogP contribution >= 0.6 is 11.6 Å². The molecule has 1 unspecified atom stereocenters. The van der Waals surface area contributed by atoms with Crippen LogP contribution in [0.25, 0.3) is 0 Å². The van der Waals surface area contributed by atoms with Crippen molar-refractivity contribution in [3.8, 4) is 0 Å². The van der Waals surface area contributed by atoms with Gasteiger partial charge in [-0.2, -0.15) is 0 Å². The molecule has 0 saturated heterocycles. The number of nitrogens with zero attached hydrogens (tertiary/aromatic N) is 2. The van der Waals surface area contributed by atoms with Crippen molar-refractivity contribution in [2.75, 3.05) is 7.05 Å². The average Bonchev–Trinajstić information content (AvgIpc) is 2.87. The minimum absolute atomic E-state index is 0.430. The van der Waals surface area contributed by atoms with Gasteiger partial charge in [-0.15, -0.1) is 0 Å². The van der Waals surface area contributed by atoms with Gasteiger partial charge in [0.05, 0.1) is 5.02 Å². The Kier molecular flexibility index (Phi) is 5.00. The summed E-state index contributed by atoms with van der Waals surface area (Å²) < 4.78 is 2.16. The molecular weight excluding hydrogens is 258 g/mol. The zero-order valence-corrected chi connectivity index (χ0v) is 12.2. The fourth-order valence-corrected chi connectivity index (χ4v) is 2.44.